The minimum absolute atomic E-state index is 1.30. The van der Waals surface area contributed by atoms with E-state index < -0.39 is 0 Å². The van der Waals surface area contributed by atoms with Gasteiger partial charge in [-0.05, 0) is 82.3 Å². The Labute approximate surface area is 148 Å². The second-order valence-electron chi connectivity index (χ2n) is 7.29. The normalized spacial score (nSPS) is 13.9. The first kappa shape index (κ1) is 14.5. The monoisotopic (exact) mass is 320 g/mol. The molecule has 0 heteroatoms. The molecule has 0 aromatic heterocycles. The summed E-state index contributed by atoms with van der Waals surface area (Å²) in [5.74, 6) is 0. The molecule has 3 aromatic rings. The van der Waals surface area contributed by atoms with Gasteiger partial charge in [-0.15, -0.1) is 0 Å². The van der Waals surface area contributed by atoms with Crippen LogP contribution in [0.2, 0.25) is 0 Å². The third kappa shape index (κ3) is 2.07. The number of hydrogen-bond donors (Lipinski definition) is 0. The predicted octanol–water partition coefficient (Wildman–Crippen LogP) is 4.67. The Hall–Kier alpha value is -2.86. The molecule has 0 saturated carbocycles. The first-order valence-electron chi connectivity index (χ1n) is 8.87. The van der Waals surface area contributed by atoms with Gasteiger partial charge in [-0.2, -0.15) is 0 Å². The molecule has 120 valence electrons. The molecule has 0 spiro atoms. The molecular weight excluding hydrogens is 300 g/mol. The number of benzene rings is 3. The van der Waals surface area contributed by atoms with Crippen LogP contribution in [0.15, 0.2) is 60.2 Å². The largest absolute Gasteiger partial charge is 0.0587 e. The number of hydrogen-bond acceptors (Lipinski definition) is 0. The lowest BCUT2D eigenvalue weighted by molar-refractivity contribution is 1.36. The van der Waals surface area contributed by atoms with Crippen molar-refractivity contribution in [3.8, 4) is 11.1 Å². The van der Waals surface area contributed by atoms with Crippen LogP contribution < -0.4 is 10.4 Å². The lowest BCUT2D eigenvalue weighted by Gasteiger charge is -2.09. The van der Waals surface area contributed by atoms with Crippen LogP contribution in [0.5, 0.6) is 0 Å². The molecule has 25 heavy (non-hydrogen) atoms. The van der Waals surface area contributed by atoms with Crippen LogP contribution in [0, 0.1) is 20.8 Å². The number of rotatable bonds is 1. The molecule has 2 aliphatic carbocycles. The molecule has 0 radical (unpaired) electrons. The van der Waals surface area contributed by atoms with Crippen molar-refractivity contribution >= 4 is 17.7 Å². The van der Waals surface area contributed by atoms with Crippen LogP contribution in [-0.2, 0) is 0 Å². The SMILES string of the molecule is Cc1ccc(-c2ccc(C)c3c2=C2C(=Cc4ccc(C)cc42)C=3)cc1. The van der Waals surface area contributed by atoms with Crippen molar-refractivity contribution in [2.75, 3.05) is 0 Å². The zero-order chi connectivity index (χ0) is 17.1. The van der Waals surface area contributed by atoms with E-state index in [2.05, 4.69) is 87.5 Å². The summed E-state index contributed by atoms with van der Waals surface area (Å²) in [5, 5.41) is 2.78. The van der Waals surface area contributed by atoms with Gasteiger partial charge in [0, 0.05) is 0 Å². The van der Waals surface area contributed by atoms with Crippen LogP contribution in [-0.4, -0.2) is 0 Å². The van der Waals surface area contributed by atoms with E-state index in [1.54, 1.807) is 0 Å². The molecule has 0 unspecified atom stereocenters. The fourth-order valence-electron chi connectivity index (χ4n) is 4.11. The highest BCUT2D eigenvalue weighted by Crippen LogP contribution is 2.37. The van der Waals surface area contributed by atoms with E-state index in [0.29, 0.717) is 0 Å². The van der Waals surface area contributed by atoms with Gasteiger partial charge >= 0.3 is 0 Å². The Bertz CT molecular complexity index is 1190. The molecule has 0 saturated heterocycles. The smallest absolute Gasteiger partial charge is 0.00177 e. The highest BCUT2D eigenvalue weighted by Gasteiger charge is 2.24. The average molecular weight is 320 g/mol. The fourth-order valence-corrected chi connectivity index (χ4v) is 4.11. The van der Waals surface area contributed by atoms with Gasteiger partial charge in [-0.3, -0.25) is 0 Å². The van der Waals surface area contributed by atoms with E-state index >= 15 is 0 Å². The molecule has 0 bridgehead atoms. The lowest BCUT2D eigenvalue weighted by atomic mass is 9.95. The maximum absolute atomic E-state index is 2.37. The quantitative estimate of drug-likeness (QED) is 0.611. The van der Waals surface area contributed by atoms with E-state index in [4.69, 9.17) is 0 Å². The Morgan fingerprint density at radius 3 is 2.20 bits per heavy atom. The highest BCUT2D eigenvalue weighted by atomic mass is 14.3. The summed E-state index contributed by atoms with van der Waals surface area (Å²) in [6, 6.07) is 20.2. The first-order valence-corrected chi connectivity index (χ1v) is 8.87. The molecule has 0 N–H and O–H groups in total. The molecule has 0 aliphatic heterocycles. The van der Waals surface area contributed by atoms with Crippen LogP contribution >= 0.6 is 0 Å². The van der Waals surface area contributed by atoms with E-state index in [1.807, 2.05) is 0 Å². The first-order chi connectivity index (χ1) is 12.1. The van der Waals surface area contributed by atoms with E-state index in [9.17, 15) is 0 Å². The van der Waals surface area contributed by atoms with Crippen molar-refractivity contribution in [1.82, 2.24) is 0 Å². The zero-order valence-electron chi connectivity index (χ0n) is 14.9. The molecule has 0 amide bonds. The van der Waals surface area contributed by atoms with Crippen LogP contribution in [0.4, 0.5) is 0 Å². The van der Waals surface area contributed by atoms with Crippen molar-refractivity contribution in [2.24, 2.45) is 0 Å². The van der Waals surface area contributed by atoms with Gasteiger partial charge in [0.15, 0.2) is 0 Å². The molecule has 0 atom stereocenters. The van der Waals surface area contributed by atoms with Gasteiger partial charge < -0.3 is 0 Å². The van der Waals surface area contributed by atoms with Gasteiger partial charge in [0.25, 0.3) is 0 Å². The van der Waals surface area contributed by atoms with Gasteiger partial charge in [-0.25, -0.2) is 0 Å². The zero-order valence-corrected chi connectivity index (χ0v) is 14.9. The molecule has 0 nitrogen and oxygen atoms in total. The summed E-state index contributed by atoms with van der Waals surface area (Å²) < 4.78 is 0. The van der Waals surface area contributed by atoms with E-state index in [0.717, 1.165) is 0 Å². The summed E-state index contributed by atoms with van der Waals surface area (Å²) >= 11 is 0. The minimum atomic E-state index is 1.30. The Morgan fingerprint density at radius 1 is 0.640 bits per heavy atom. The second kappa shape index (κ2) is 5.07. The summed E-state index contributed by atoms with van der Waals surface area (Å²) in [5.41, 5.74) is 12.1. The molecule has 0 heterocycles. The number of aryl methyl sites for hydroxylation is 3. The van der Waals surface area contributed by atoms with Crippen LogP contribution in [0.1, 0.15) is 27.8 Å². The van der Waals surface area contributed by atoms with Gasteiger partial charge in [0.05, 0.1) is 0 Å². The standard InChI is InChI=1S/C25H20/c1-15-4-8-18(9-5-15)21-11-7-17(3)22-14-20-13-19-10-6-16(2)12-23(19)24(20)25(21)22/h4-14H,1-3H3. The fraction of sp³-hybridized carbons (Fsp3) is 0.120. The Morgan fingerprint density at radius 2 is 1.40 bits per heavy atom. The molecule has 0 fully saturated rings. The maximum atomic E-state index is 2.37. The Kier molecular flexibility index (Phi) is 2.93. The molecule has 2 aliphatic rings. The molecule has 3 aromatic carbocycles. The molecule has 5 rings (SSSR count). The summed E-state index contributed by atoms with van der Waals surface area (Å²) in [6.07, 6.45) is 4.70. The maximum Gasteiger partial charge on any atom is -0.00177 e. The van der Waals surface area contributed by atoms with Gasteiger partial charge in [-0.1, -0.05) is 65.7 Å². The topological polar surface area (TPSA) is 0 Å². The van der Waals surface area contributed by atoms with Crippen LogP contribution in [0.3, 0.4) is 0 Å². The van der Waals surface area contributed by atoms with Crippen molar-refractivity contribution in [3.63, 3.8) is 0 Å². The van der Waals surface area contributed by atoms with Crippen LogP contribution in [0.25, 0.3) is 28.9 Å². The van der Waals surface area contributed by atoms with Gasteiger partial charge in [0.2, 0.25) is 0 Å². The van der Waals surface area contributed by atoms with Crippen molar-refractivity contribution in [3.05, 3.63) is 98.4 Å². The summed E-state index contributed by atoms with van der Waals surface area (Å²) in [6.45, 7) is 6.53. The van der Waals surface area contributed by atoms with Gasteiger partial charge in [0.1, 0.15) is 0 Å². The number of allylic oxidation sites excluding steroid dienone is 1. The second-order valence-corrected chi connectivity index (χ2v) is 7.29. The minimum Gasteiger partial charge on any atom is -0.0587 e. The highest BCUT2D eigenvalue weighted by molar-refractivity contribution is 6.04. The third-order valence-corrected chi connectivity index (χ3v) is 5.45. The average Bonchev–Trinajstić information content (AvgIpc) is 3.13. The Balaban J connectivity index is 1.92. The van der Waals surface area contributed by atoms with E-state index in [-0.39, 0.29) is 0 Å². The number of fused-ring (bicyclic) bond motifs is 4. The lowest BCUT2D eigenvalue weighted by Crippen LogP contribution is -2.28. The molecular formula is C25H20. The van der Waals surface area contributed by atoms with Crippen molar-refractivity contribution in [1.29, 1.82) is 0 Å². The van der Waals surface area contributed by atoms with E-state index in [1.165, 1.54) is 60.5 Å². The summed E-state index contributed by atoms with van der Waals surface area (Å²) in [7, 11) is 0. The van der Waals surface area contributed by atoms with Crippen molar-refractivity contribution in [2.45, 2.75) is 20.8 Å². The third-order valence-electron chi connectivity index (χ3n) is 5.45. The predicted molar refractivity (Wildman–Crippen MR) is 107 cm³/mol. The van der Waals surface area contributed by atoms with Crippen molar-refractivity contribution < 1.29 is 0 Å². The summed E-state index contributed by atoms with van der Waals surface area (Å²) in [4.78, 5) is 0.